The summed E-state index contributed by atoms with van der Waals surface area (Å²) in [5.41, 5.74) is 4.93. The standard InChI is InChI=1S/C29H40N4OS/c1-29(2,3)28-30-26-19-24(9-12-27(26)33(28)21-23-13-17-34-18-14-23)31(4)35-25-10-7-22(8-11-25)20-32-15-5-6-16-32/h7-12,19,23H,5-6,13-18,20-21H2,1-4H3. The van der Waals surface area contributed by atoms with E-state index in [1.165, 1.54) is 53.4 Å². The van der Waals surface area contributed by atoms with E-state index in [1.807, 2.05) is 0 Å². The molecule has 2 fully saturated rings. The first-order valence-electron chi connectivity index (χ1n) is 13.2. The van der Waals surface area contributed by atoms with E-state index < -0.39 is 0 Å². The van der Waals surface area contributed by atoms with Gasteiger partial charge in [0.05, 0.1) is 11.0 Å². The summed E-state index contributed by atoms with van der Waals surface area (Å²) in [5, 5.41) is 0. The molecule has 3 aromatic rings. The lowest BCUT2D eigenvalue weighted by Gasteiger charge is -2.26. The number of hydrogen-bond donors (Lipinski definition) is 0. The molecule has 0 atom stereocenters. The maximum atomic E-state index is 5.60. The molecule has 2 aromatic carbocycles. The van der Waals surface area contributed by atoms with E-state index in [2.05, 4.69) is 84.1 Å². The third-order valence-electron chi connectivity index (χ3n) is 7.32. The second-order valence-electron chi connectivity index (χ2n) is 11.2. The summed E-state index contributed by atoms with van der Waals surface area (Å²) in [5.74, 6) is 1.84. The highest BCUT2D eigenvalue weighted by Gasteiger charge is 2.25. The molecular formula is C29H40N4OS. The molecule has 0 bridgehead atoms. The monoisotopic (exact) mass is 492 g/mol. The number of ether oxygens (including phenoxy) is 1. The van der Waals surface area contributed by atoms with Crippen LogP contribution in [-0.4, -0.2) is 47.8 Å². The normalized spacial score (nSPS) is 17.9. The van der Waals surface area contributed by atoms with Crippen LogP contribution in [0.2, 0.25) is 0 Å². The van der Waals surface area contributed by atoms with Gasteiger partial charge in [-0.25, -0.2) is 4.98 Å². The second kappa shape index (κ2) is 10.5. The Morgan fingerprint density at radius 1 is 1.03 bits per heavy atom. The SMILES string of the molecule is CN(Sc1ccc(CN2CCCC2)cc1)c1ccc2c(c1)nc(C(C)(C)C)n2CC1CCOCC1. The van der Waals surface area contributed by atoms with Crippen LogP contribution in [0.25, 0.3) is 11.0 Å². The first kappa shape index (κ1) is 24.7. The molecule has 0 saturated carbocycles. The Morgan fingerprint density at radius 3 is 2.43 bits per heavy atom. The van der Waals surface area contributed by atoms with Crippen molar-refractivity contribution in [1.29, 1.82) is 0 Å². The lowest BCUT2D eigenvalue weighted by molar-refractivity contribution is 0.0611. The molecule has 2 aliphatic rings. The van der Waals surface area contributed by atoms with Gasteiger partial charge in [0.15, 0.2) is 0 Å². The van der Waals surface area contributed by atoms with Crippen LogP contribution in [0.1, 0.15) is 57.8 Å². The summed E-state index contributed by atoms with van der Waals surface area (Å²) >= 11 is 1.77. The zero-order valence-corrected chi connectivity index (χ0v) is 22.6. The predicted octanol–water partition coefficient (Wildman–Crippen LogP) is 6.50. The molecule has 0 unspecified atom stereocenters. The van der Waals surface area contributed by atoms with Gasteiger partial charge < -0.3 is 13.6 Å². The Hall–Kier alpha value is -2.02. The van der Waals surface area contributed by atoms with Gasteiger partial charge in [0.25, 0.3) is 0 Å². The maximum absolute atomic E-state index is 5.60. The fraction of sp³-hybridized carbons (Fsp3) is 0.552. The van der Waals surface area contributed by atoms with Gasteiger partial charge in [-0.1, -0.05) is 32.9 Å². The van der Waals surface area contributed by atoms with E-state index in [0.29, 0.717) is 5.92 Å². The number of aromatic nitrogens is 2. The van der Waals surface area contributed by atoms with Crippen LogP contribution < -0.4 is 4.31 Å². The molecule has 1 aromatic heterocycles. The fourth-order valence-electron chi connectivity index (χ4n) is 5.32. The van der Waals surface area contributed by atoms with E-state index in [1.54, 1.807) is 11.9 Å². The number of fused-ring (bicyclic) bond motifs is 1. The predicted molar refractivity (Wildman–Crippen MR) is 147 cm³/mol. The van der Waals surface area contributed by atoms with E-state index in [-0.39, 0.29) is 5.41 Å². The van der Waals surface area contributed by atoms with E-state index in [0.717, 1.165) is 44.7 Å². The van der Waals surface area contributed by atoms with Crippen LogP contribution in [-0.2, 0) is 23.2 Å². The minimum Gasteiger partial charge on any atom is -0.381 e. The first-order valence-corrected chi connectivity index (χ1v) is 14.0. The highest BCUT2D eigenvalue weighted by Crippen LogP contribution is 2.33. The minimum absolute atomic E-state index is 0.00180. The number of anilines is 1. The molecule has 5 rings (SSSR count). The highest BCUT2D eigenvalue weighted by molar-refractivity contribution is 8.00. The Balaban J connectivity index is 1.32. The molecule has 5 nitrogen and oxygen atoms in total. The minimum atomic E-state index is 0.00180. The van der Waals surface area contributed by atoms with Crippen LogP contribution in [0.4, 0.5) is 5.69 Å². The molecule has 35 heavy (non-hydrogen) atoms. The van der Waals surface area contributed by atoms with Gasteiger partial charge in [-0.05, 0) is 92.5 Å². The van der Waals surface area contributed by atoms with Crippen molar-refractivity contribution in [3.63, 3.8) is 0 Å². The molecule has 2 aliphatic heterocycles. The smallest absolute Gasteiger partial charge is 0.115 e. The van der Waals surface area contributed by atoms with Crippen molar-refractivity contribution in [2.75, 3.05) is 37.7 Å². The lowest BCUT2D eigenvalue weighted by Crippen LogP contribution is -2.25. The van der Waals surface area contributed by atoms with Gasteiger partial charge in [-0.15, -0.1) is 0 Å². The third-order valence-corrected chi connectivity index (χ3v) is 8.29. The summed E-state index contributed by atoms with van der Waals surface area (Å²) in [6.45, 7) is 13.2. The van der Waals surface area contributed by atoms with Gasteiger partial charge in [-0.2, -0.15) is 0 Å². The van der Waals surface area contributed by atoms with Crippen molar-refractivity contribution in [2.24, 2.45) is 5.92 Å². The molecule has 0 radical (unpaired) electrons. The lowest BCUT2D eigenvalue weighted by atomic mass is 9.94. The number of likely N-dealkylation sites (tertiary alicyclic amines) is 1. The van der Waals surface area contributed by atoms with Gasteiger partial charge in [-0.3, -0.25) is 4.90 Å². The van der Waals surface area contributed by atoms with Crippen LogP contribution in [0, 0.1) is 5.92 Å². The summed E-state index contributed by atoms with van der Waals surface area (Å²) < 4.78 is 10.3. The van der Waals surface area contributed by atoms with E-state index in [4.69, 9.17) is 9.72 Å². The van der Waals surface area contributed by atoms with E-state index in [9.17, 15) is 0 Å². The summed E-state index contributed by atoms with van der Waals surface area (Å²) in [7, 11) is 2.15. The average Bonchev–Trinajstić information content (AvgIpc) is 3.48. The first-order chi connectivity index (χ1) is 16.9. The van der Waals surface area contributed by atoms with E-state index >= 15 is 0 Å². The van der Waals surface area contributed by atoms with Crippen molar-refractivity contribution < 1.29 is 4.74 Å². The van der Waals surface area contributed by atoms with Crippen molar-refractivity contribution in [3.05, 3.63) is 53.9 Å². The number of nitrogens with zero attached hydrogens (tertiary/aromatic N) is 4. The molecular weight excluding hydrogens is 452 g/mol. The molecule has 0 N–H and O–H groups in total. The topological polar surface area (TPSA) is 33.5 Å². The van der Waals surface area contributed by atoms with Crippen molar-refractivity contribution in [2.45, 2.75) is 69.9 Å². The molecule has 0 aliphatic carbocycles. The molecule has 0 amide bonds. The second-order valence-corrected chi connectivity index (χ2v) is 12.4. The summed E-state index contributed by atoms with van der Waals surface area (Å²) in [6, 6.07) is 15.8. The highest BCUT2D eigenvalue weighted by atomic mass is 32.2. The number of imidazole rings is 1. The number of rotatable bonds is 7. The van der Waals surface area contributed by atoms with Crippen molar-refractivity contribution >= 4 is 28.7 Å². The summed E-state index contributed by atoms with van der Waals surface area (Å²) in [6.07, 6.45) is 4.96. The molecule has 6 heteroatoms. The zero-order valence-electron chi connectivity index (χ0n) is 21.8. The van der Waals surface area contributed by atoms with Crippen LogP contribution in [0.15, 0.2) is 47.4 Å². The zero-order chi connectivity index (χ0) is 24.4. The summed E-state index contributed by atoms with van der Waals surface area (Å²) in [4.78, 5) is 8.97. The van der Waals surface area contributed by atoms with Gasteiger partial charge in [0, 0.05) is 49.3 Å². The molecule has 0 spiro atoms. The molecule has 188 valence electrons. The van der Waals surface area contributed by atoms with Crippen LogP contribution >= 0.6 is 11.9 Å². The Kier molecular flexibility index (Phi) is 7.42. The van der Waals surface area contributed by atoms with Crippen LogP contribution in [0.5, 0.6) is 0 Å². The van der Waals surface area contributed by atoms with Gasteiger partial charge >= 0.3 is 0 Å². The Bertz CT molecular complexity index is 1120. The maximum Gasteiger partial charge on any atom is 0.115 e. The van der Waals surface area contributed by atoms with Crippen molar-refractivity contribution in [3.8, 4) is 0 Å². The Morgan fingerprint density at radius 2 is 1.74 bits per heavy atom. The number of hydrogen-bond acceptors (Lipinski definition) is 5. The van der Waals surface area contributed by atoms with Crippen LogP contribution in [0.3, 0.4) is 0 Å². The Labute approximate surface area is 215 Å². The molecule has 2 saturated heterocycles. The quantitative estimate of drug-likeness (QED) is 0.352. The third kappa shape index (κ3) is 5.87. The largest absolute Gasteiger partial charge is 0.381 e. The van der Waals surface area contributed by atoms with Gasteiger partial charge in [0.1, 0.15) is 5.82 Å². The van der Waals surface area contributed by atoms with Gasteiger partial charge in [0.2, 0.25) is 0 Å². The fourth-order valence-corrected chi connectivity index (χ4v) is 6.12. The average molecular weight is 493 g/mol. The number of benzene rings is 2. The van der Waals surface area contributed by atoms with Crippen molar-refractivity contribution in [1.82, 2.24) is 14.5 Å². The molecule has 3 heterocycles.